The molecule has 1 amide bonds. The van der Waals surface area contributed by atoms with Crippen LogP contribution < -0.4 is 10.6 Å². The molecule has 2 heterocycles. The highest BCUT2D eigenvalue weighted by molar-refractivity contribution is 5.77. The van der Waals surface area contributed by atoms with Crippen molar-refractivity contribution in [1.29, 1.82) is 0 Å². The van der Waals surface area contributed by atoms with Gasteiger partial charge in [-0.05, 0) is 26.2 Å². The average molecular weight is 250 g/mol. The van der Waals surface area contributed by atoms with E-state index < -0.39 is 17.8 Å². The van der Waals surface area contributed by atoms with E-state index in [1.807, 2.05) is 0 Å². The van der Waals surface area contributed by atoms with E-state index in [0.717, 1.165) is 12.8 Å². The van der Waals surface area contributed by atoms with E-state index in [4.69, 9.17) is 0 Å². The molecule has 0 unspecified atom stereocenters. The highest BCUT2D eigenvalue weighted by atomic mass is 19.4. The number of nitrogens with one attached hydrogen (secondary N) is 2. The van der Waals surface area contributed by atoms with Gasteiger partial charge in [-0.25, -0.2) is 0 Å². The van der Waals surface area contributed by atoms with E-state index in [2.05, 4.69) is 10.6 Å². The average Bonchev–Trinajstić information content (AvgIpc) is 2.47. The predicted molar refractivity (Wildman–Crippen MR) is 56.4 cm³/mol. The molecule has 2 aliphatic rings. The molecule has 2 fully saturated rings. The molecule has 17 heavy (non-hydrogen) atoms. The zero-order valence-corrected chi connectivity index (χ0v) is 9.73. The molecule has 98 valence electrons. The van der Waals surface area contributed by atoms with Crippen molar-refractivity contribution in [2.24, 2.45) is 0 Å². The van der Waals surface area contributed by atoms with Gasteiger partial charge in [0.2, 0.25) is 5.91 Å². The first kappa shape index (κ1) is 12.7. The van der Waals surface area contributed by atoms with Crippen LogP contribution in [0.4, 0.5) is 13.2 Å². The first-order valence-electron chi connectivity index (χ1n) is 5.95. The van der Waals surface area contributed by atoms with Gasteiger partial charge in [-0.2, -0.15) is 13.2 Å². The molecular weight excluding hydrogens is 233 g/mol. The lowest BCUT2D eigenvalue weighted by Crippen LogP contribution is -2.54. The van der Waals surface area contributed by atoms with Crippen LogP contribution in [0, 0.1) is 0 Å². The summed E-state index contributed by atoms with van der Waals surface area (Å²) in [5.74, 6) is -0.137. The van der Waals surface area contributed by atoms with Gasteiger partial charge in [-0.15, -0.1) is 0 Å². The van der Waals surface area contributed by atoms with Crippen LogP contribution in [-0.4, -0.2) is 29.7 Å². The zero-order valence-electron chi connectivity index (χ0n) is 9.73. The maximum atomic E-state index is 12.7. The number of rotatable bonds is 0. The highest BCUT2D eigenvalue weighted by Crippen LogP contribution is 2.36. The number of fused-ring (bicyclic) bond motifs is 1. The van der Waals surface area contributed by atoms with Crippen LogP contribution in [0.2, 0.25) is 0 Å². The highest BCUT2D eigenvalue weighted by Gasteiger charge is 2.53. The summed E-state index contributed by atoms with van der Waals surface area (Å²) in [5, 5.41) is 5.38. The molecule has 3 atom stereocenters. The fraction of sp³-hybridized carbons (Fsp3) is 0.909. The second-order valence-electron chi connectivity index (χ2n) is 5.23. The van der Waals surface area contributed by atoms with E-state index in [1.54, 1.807) is 6.92 Å². The van der Waals surface area contributed by atoms with Crippen LogP contribution in [-0.2, 0) is 4.79 Å². The molecule has 0 saturated carbocycles. The largest absolute Gasteiger partial charge is 0.403 e. The lowest BCUT2D eigenvalue weighted by molar-refractivity contribution is -0.153. The Hall–Kier alpha value is -0.780. The quantitative estimate of drug-likeness (QED) is 0.687. The van der Waals surface area contributed by atoms with Gasteiger partial charge in [0.25, 0.3) is 0 Å². The van der Waals surface area contributed by atoms with Gasteiger partial charge in [0.05, 0.1) is 5.54 Å². The SMILES string of the molecule is C[C@]12C[C@@H](C(F)(F)F)N[C@H]1CCCCC(=O)N2. The Bertz CT molecular complexity index is 318. The number of carbonyl (C=O) groups excluding carboxylic acids is 1. The molecule has 0 aromatic carbocycles. The third kappa shape index (κ3) is 2.56. The number of amides is 1. The Morgan fingerprint density at radius 2 is 2.06 bits per heavy atom. The summed E-state index contributed by atoms with van der Waals surface area (Å²) >= 11 is 0. The summed E-state index contributed by atoms with van der Waals surface area (Å²) in [7, 11) is 0. The maximum Gasteiger partial charge on any atom is 0.403 e. The normalized spacial score (nSPS) is 39.2. The van der Waals surface area contributed by atoms with Crippen molar-refractivity contribution in [1.82, 2.24) is 10.6 Å². The van der Waals surface area contributed by atoms with E-state index >= 15 is 0 Å². The van der Waals surface area contributed by atoms with Crippen LogP contribution in [0.1, 0.15) is 39.0 Å². The molecule has 0 bridgehead atoms. The fourth-order valence-corrected chi connectivity index (χ4v) is 2.82. The van der Waals surface area contributed by atoms with E-state index in [0.29, 0.717) is 12.8 Å². The number of alkyl halides is 3. The zero-order chi connectivity index (χ0) is 12.7. The third-order valence-electron chi connectivity index (χ3n) is 3.77. The second-order valence-corrected chi connectivity index (χ2v) is 5.23. The summed E-state index contributed by atoms with van der Waals surface area (Å²) in [6.07, 6.45) is -1.67. The summed E-state index contributed by atoms with van der Waals surface area (Å²) < 4.78 is 38.1. The van der Waals surface area contributed by atoms with Gasteiger partial charge in [0, 0.05) is 12.5 Å². The molecule has 3 nitrogen and oxygen atoms in total. The van der Waals surface area contributed by atoms with Gasteiger partial charge in [-0.3, -0.25) is 4.79 Å². The van der Waals surface area contributed by atoms with Crippen molar-refractivity contribution in [2.75, 3.05) is 0 Å². The topological polar surface area (TPSA) is 41.1 Å². The lowest BCUT2D eigenvalue weighted by Gasteiger charge is -2.34. The first-order valence-corrected chi connectivity index (χ1v) is 5.95. The van der Waals surface area contributed by atoms with Gasteiger partial charge < -0.3 is 10.6 Å². The smallest absolute Gasteiger partial charge is 0.349 e. The van der Waals surface area contributed by atoms with Gasteiger partial charge in [0.15, 0.2) is 0 Å². The Kier molecular flexibility index (Phi) is 3.10. The minimum atomic E-state index is -4.24. The molecule has 0 aliphatic carbocycles. The number of halogens is 3. The summed E-state index contributed by atoms with van der Waals surface area (Å²) in [6, 6.07) is -1.78. The monoisotopic (exact) mass is 250 g/mol. The molecule has 0 spiro atoms. The molecule has 0 radical (unpaired) electrons. The Balaban J connectivity index is 2.15. The van der Waals surface area contributed by atoms with Crippen molar-refractivity contribution < 1.29 is 18.0 Å². The minimum Gasteiger partial charge on any atom is -0.349 e. The number of hydrogen-bond acceptors (Lipinski definition) is 2. The van der Waals surface area contributed by atoms with E-state index in [-0.39, 0.29) is 18.4 Å². The summed E-state index contributed by atoms with van der Waals surface area (Å²) in [4.78, 5) is 11.5. The third-order valence-corrected chi connectivity index (χ3v) is 3.77. The molecule has 0 aromatic heterocycles. The standard InChI is InChI=1S/C11H17F3N2O/c1-10-6-8(11(12,13)14)15-7(10)4-2-3-5-9(17)16-10/h7-8,15H,2-6H2,1H3,(H,16,17)/t7-,8-,10-/m0/s1. The second kappa shape index (κ2) is 4.15. The molecule has 6 heteroatoms. The van der Waals surface area contributed by atoms with Crippen LogP contribution in [0.25, 0.3) is 0 Å². The molecule has 2 N–H and O–H groups in total. The summed E-state index contributed by atoms with van der Waals surface area (Å²) in [5.41, 5.74) is -0.766. The van der Waals surface area contributed by atoms with Crippen molar-refractivity contribution in [2.45, 2.75) is 62.8 Å². The van der Waals surface area contributed by atoms with Crippen molar-refractivity contribution in [3.05, 3.63) is 0 Å². The van der Waals surface area contributed by atoms with Crippen molar-refractivity contribution >= 4 is 5.91 Å². The summed E-state index contributed by atoms with van der Waals surface area (Å²) in [6.45, 7) is 1.71. The number of hydrogen-bond donors (Lipinski definition) is 2. The Labute approximate surface area is 98.1 Å². The van der Waals surface area contributed by atoms with Crippen LogP contribution >= 0.6 is 0 Å². The predicted octanol–water partition coefficient (Wildman–Crippen LogP) is 1.73. The van der Waals surface area contributed by atoms with Crippen LogP contribution in [0.5, 0.6) is 0 Å². The van der Waals surface area contributed by atoms with Crippen LogP contribution in [0.3, 0.4) is 0 Å². The van der Waals surface area contributed by atoms with E-state index in [9.17, 15) is 18.0 Å². The molecule has 0 aromatic rings. The van der Waals surface area contributed by atoms with Gasteiger partial charge in [-0.1, -0.05) is 6.42 Å². The molecular formula is C11H17F3N2O. The van der Waals surface area contributed by atoms with Crippen LogP contribution in [0.15, 0.2) is 0 Å². The van der Waals surface area contributed by atoms with E-state index in [1.165, 1.54) is 0 Å². The van der Waals surface area contributed by atoms with Crippen molar-refractivity contribution in [3.63, 3.8) is 0 Å². The lowest BCUT2D eigenvalue weighted by atomic mass is 9.86. The Morgan fingerprint density at radius 3 is 2.71 bits per heavy atom. The fourth-order valence-electron chi connectivity index (χ4n) is 2.82. The number of carbonyl (C=O) groups is 1. The Morgan fingerprint density at radius 1 is 1.35 bits per heavy atom. The van der Waals surface area contributed by atoms with Gasteiger partial charge >= 0.3 is 6.18 Å². The molecule has 2 rings (SSSR count). The minimum absolute atomic E-state index is 0.0765. The van der Waals surface area contributed by atoms with Crippen molar-refractivity contribution in [3.8, 4) is 0 Å². The molecule has 2 saturated heterocycles. The van der Waals surface area contributed by atoms with Gasteiger partial charge in [0.1, 0.15) is 6.04 Å². The first-order chi connectivity index (χ1) is 7.81. The maximum absolute atomic E-state index is 12.7. The molecule has 2 aliphatic heterocycles.